The van der Waals surface area contributed by atoms with Gasteiger partial charge >= 0.3 is 0 Å². The average Bonchev–Trinajstić information content (AvgIpc) is 2.14. The van der Waals surface area contributed by atoms with Crippen LogP contribution in [0.5, 0.6) is 0 Å². The van der Waals surface area contributed by atoms with Crippen LogP contribution in [0.3, 0.4) is 0 Å². The highest BCUT2D eigenvalue weighted by Gasteiger charge is 2.12. The van der Waals surface area contributed by atoms with Crippen LogP contribution < -0.4 is 0 Å². The summed E-state index contributed by atoms with van der Waals surface area (Å²) in [5.74, 6) is -0.0764. The predicted octanol–water partition coefficient (Wildman–Crippen LogP) is -0.0538. The summed E-state index contributed by atoms with van der Waals surface area (Å²) < 4.78 is 0. The van der Waals surface area contributed by atoms with Crippen LogP contribution in [-0.4, -0.2) is 24.6 Å². The highest BCUT2D eigenvalue weighted by atomic mass is 16.7. The molecule has 3 heteroatoms. The van der Waals surface area contributed by atoms with Crippen LogP contribution in [0.25, 0.3) is 0 Å². The van der Waals surface area contributed by atoms with E-state index < -0.39 is 0 Å². The van der Waals surface area contributed by atoms with Crippen molar-refractivity contribution in [2.75, 3.05) is 13.7 Å². The maximum Gasteiger partial charge on any atom is 0.270 e. The molecule has 0 N–H and O–H groups in total. The van der Waals surface area contributed by atoms with Crippen molar-refractivity contribution in [1.82, 2.24) is 5.06 Å². The molecule has 1 amide bonds. The summed E-state index contributed by atoms with van der Waals surface area (Å²) in [5.41, 5.74) is 0. The molecule has 3 nitrogen and oxygen atoms in total. The third-order valence-corrected chi connectivity index (χ3v) is 0.998. The van der Waals surface area contributed by atoms with Crippen molar-refractivity contribution < 1.29 is 9.63 Å². The van der Waals surface area contributed by atoms with Crippen LogP contribution in [0.2, 0.25) is 0 Å². The van der Waals surface area contributed by atoms with E-state index in [4.69, 9.17) is 0 Å². The number of hydrogen-bond donors (Lipinski definition) is 0. The molecular formula is C5H7NO2. The van der Waals surface area contributed by atoms with E-state index in [-0.39, 0.29) is 5.91 Å². The first-order valence-electron chi connectivity index (χ1n) is 2.37. The zero-order chi connectivity index (χ0) is 5.98. The zero-order valence-corrected chi connectivity index (χ0v) is 4.63. The smallest absolute Gasteiger partial charge is 0.270 e. The van der Waals surface area contributed by atoms with Gasteiger partial charge in [-0.1, -0.05) is 6.08 Å². The maximum absolute atomic E-state index is 10.5. The normalized spacial score (nSPS) is 18.1. The lowest BCUT2D eigenvalue weighted by atomic mass is 10.6. The molecule has 0 fully saturated rings. The molecule has 1 rings (SSSR count). The second-order valence-electron chi connectivity index (χ2n) is 1.48. The van der Waals surface area contributed by atoms with Gasteiger partial charge in [-0.3, -0.25) is 9.63 Å². The quantitative estimate of drug-likeness (QED) is 0.477. The van der Waals surface area contributed by atoms with Gasteiger partial charge in [0.2, 0.25) is 0 Å². The van der Waals surface area contributed by atoms with Crippen molar-refractivity contribution in [2.24, 2.45) is 0 Å². The third-order valence-electron chi connectivity index (χ3n) is 0.998. The van der Waals surface area contributed by atoms with Crippen molar-refractivity contribution >= 4 is 5.91 Å². The van der Waals surface area contributed by atoms with Gasteiger partial charge in [-0.25, -0.2) is 5.06 Å². The first-order chi connectivity index (χ1) is 3.84. The summed E-state index contributed by atoms with van der Waals surface area (Å²) in [6.45, 7) is 0.579. The van der Waals surface area contributed by atoms with Crippen LogP contribution >= 0.6 is 0 Å². The summed E-state index contributed by atoms with van der Waals surface area (Å²) >= 11 is 0. The zero-order valence-electron chi connectivity index (χ0n) is 4.63. The largest absolute Gasteiger partial charge is 0.274 e. The maximum atomic E-state index is 10.5. The van der Waals surface area contributed by atoms with Crippen molar-refractivity contribution in [3.63, 3.8) is 0 Å². The fourth-order valence-electron chi connectivity index (χ4n) is 0.587. The molecule has 8 heavy (non-hydrogen) atoms. The topological polar surface area (TPSA) is 29.5 Å². The van der Waals surface area contributed by atoms with Crippen LogP contribution in [0.4, 0.5) is 0 Å². The van der Waals surface area contributed by atoms with E-state index in [1.807, 2.05) is 0 Å². The van der Waals surface area contributed by atoms with Crippen molar-refractivity contribution in [1.29, 1.82) is 0 Å². The summed E-state index contributed by atoms with van der Waals surface area (Å²) in [5, 5.41) is 1.28. The van der Waals surface area contributed by atoms with Gasteiger partial charge < -0.3 is 0 Å². The number of hydroxylamine groups is 2. The molecule has 0 radical (unpaired) electrons. The summed E-state index contributed by atoms with van der Waals surface area (Å²) in [7, 11) is 1.48. The Balaban J connectivity index is 2.51. The molecule has 0 saturated heterocycles. The number of carbonyl (C=O) groups excluding carboxylic acids is 1. The highest BCUT2D eigenvalue weighted by Crippen LogP contribution is 1.98. The number of rotatable bonds is 1. The molecule has 0 aromatic rings. The molecule has 0 aromatic heterocycles. The van der Waals surface area contributed by atoms with E-state index in [1.54, 1.807) is 6.08 Å². The lowest BCUT2D eigenvalue weighted by Gasteiger charge is -2.09. The van der Waals surface area contributed by atoms with Gasteiger partial charge in [0.15, 0.2) is 0 Å². The van der Waals surface area contributed by atoms with Gasteiger partial charge in [-0.15, -0.1) is 0 Å². The van der Waals surface area contributed by atoms with Crippen molar-refractivity contribution in [2.45, 2.75) is 0 Å². The van der Waals surface area contributed by atoms with E-state index in [1.165, 1.54) is 18.2 Å². The Morgan fingerprint density at radius 3 is 2.88 bits per heavy atom. The van der Waals surface area contributed by atoms with Crippen LogP contribution in [-0.2, 0) is 9.63 Å². The molecule has 1 aliphatic heterocycles. The molecule has 1 heterocycles. The van der Waals surface area contributed by atoms with Gasteiger partial charge in [-0.05, 0) is 0 Å². The molecule has 0 saturated carbocycles. The minimum atomic E-state index is -0.0764. The van der Waals surface area contributed by atoms with E-state index in [2.05, 4.69) is 4.84 Å². The molecule has 0 spiro atoms. The van der Waals surface area contributed by atoms with Crippen molar-refractivity contribution in [3.8, 4) is 0 Å². The van der Waals surface area contributed by atoms with E-state index in [0.717, 1.165) is 0 Å². The fourth-order valence-corrected chi connectivity index (χ4v) is 0.587. The summed E-state index contributed by atoms with van der Waals surface area (Å²) in [4.78, 5) is 15.2. The van der Waals surface area contributed by atoms with Gasteiger partial charge in [0.1, 0.15) is 0 Å². The molecule has 0 bridgehead atoms. The first-order valence-corrected chi connectivity index (χ1v) is 2.37. The molecule has 0 atom stereocenters. The molecule has 0 aliphatic carbocycles. The molecular weight excluding hydrogens is 106 g/mol. The Morgan fingerprint density at radius 1 is 1.88 bits per heavy atom. The average molecular weight is 113 g/mol. The number of nitrogens with zero attached hydrogens (tertiary/aromatic N) is 1. The first kappa shape index (κ1) is 5.31. The van der Waals surface area contributed by atoms with Gasteiger partial charge in [0.05, 0.1) is 13.7 Å². The second-order valence-corrected chi connectivity index (χ2v) is 1.48. The van der Waals surface area contributed by atoms with Crippen LogP contribution in [0.1, 0.15) is 0 Å². The van der Waals surface area contributed by atoms with E-state index in [9.17, 15) is 4.79 Å². The third kappa shape index (κ3) is 0.721. The minimum absolute atomic E-state index is 0.0764. The standard InChI is InChI=1S/C5H7NO2/c1-8-6-4-2-3-5(6)7/h2-3H,4H2,1H3. The van der Waals surface area contributed by atoms with Crippen LogP contribution in [0, 0.1) is 0 Å². The SMILES string of the molecule is CON1CC=CC1=O. The van der Waals surface area contributed by atoms with Gasteiger partial charge in [0.25, 0.3) is 5.91 Å². The Bertz CT molecular complexity index is 130. The predicted molar refractivity (Wildman–Crippen MR) is 27.9 cm³/mol. The molecule has 44 valence electrons. The Labute approximate surface area is 47.5 Å². The number of carbonyl (C=O) groups is 1. The highest BCUT2D eigenvalue weighted by molar-refractivity contribution is 5.88. The Kier molecular flexibility index (Phi) is 1.30. The van der Waals surface area contributed by atoms with Crippen LogP contribution in [0.15, 0.2) is 12.2 Å². The number of amides is 1. The Morgan fingerprint density at radius 2 is 2.62 bits per heavy atom. The lowest BCUT2D eigenvalue weighted by molar-refractivity contribution is -0.164. The number of hydrogen-bond acceptors (Lipinski definition) is 2. The molecule has 0 unspecified atom stereocenters. The summed E-state index contributed by atoms with van der Waals surface area (Å²) in [6.07, 6.45) is 3.25. The van der Waals surface area contributed by atoms with Gasteiger partial charge in [0, 0.05) is 6.08 Å². The van der Waals surface area contributed by atoms with Crippen molar-refractivity contribution in [3.05, 3.63) is 12.2 Å². The van der Waals surface area contributed by atoms with Gasteiger partial charge in [-0.2, -0.15) is 0 Å². The molecule has 1 aliphatic rings. The summed E-state index contributed by atoms with van der Waals surface area (Å²) in [6, 6.07) is 0. The fraction of sp³-hybridized carbons (Fsp3) is 0.400. The van der Waals surface area contributed by atoms with E-state index >= 15 is 0 Å². The minimum Gasteiger partial charge on any atom is -0.274 e. The second kappa shape index (κ2) is 1.96. The van der Waals surface area contributed by atoms with E-state index in [0.29, 0.717) is 6.54 Å². The monoisotopic (exact) mass is 113 g/mol. The Hall–Kier alpha value is -0.830. The lowest BCUT2D eigenvalue weighted by Crippen LogP contribution is -2.23. The molecule has 0 aromatic carbocycles.